The number of hydrogen-bond donors (Lipinski definition) is 3. The molecule has 112 valence electrons. The zero-order chi connectivity index (χ0) is 15.6. The standard InChI is InChI=1S/C11H9Cl2N3O4S/c12-6-1-2-7(10(13)9(6)11(17)18)21(19,20)16-5-8-14-3-4-15-8/h1-4,16H,5H2,(H,14,15)(H,17,18). The predicted molar refractivity (Wildman–Crippen MR) is 76.0 cm³/mol. The van der Waals surface area contributed by atoms with E-state index in [2.05, 4.69) is 14.7 Å². The molecule has 0 saturated carbocycles. The molecule has 0 spiro atoms. The van der Waals surface area contributed by atoms with E-state index in [0.29, 0.717) is 5.82 Å². The molecule has 2 aromatic rings. The molecule has 0 aliphatic heterocycles. The van der Waals surface area contributed by atoms with Gasteiger partial charge in [0.05, 0.1) is 22.2 Å². The molecule has 2 rings (SSSR count). The molecule has 0 amide bonds. The Morgan fingerprint density at radius 2 is 2.10 bits per heavy atom. The molecule has 0 saturated heterocycles. The third-order valence-electron chi connectivity index (χ3n) is 2.54. The second-order valence-corrected chi connectivity index (χ2v) is 6.42. The van der Waals surface area contributed by atoms with Crippen LogP contribution in [0.15, 0.2) is 29.4 Å². The summed E-state index contributed by atoms with van der Waals surface area (Å²) in [5.41, 5.74) is -0.459. The van der Waals surface area contributed by atoms with Crippen LogP contribution in [0.1, 0.15) is 16.2 Å². The summed E-state index contributed by atoms with van der Waals surface area (Å²) in [5, 5.41) is 8.43. The second kappa shape index (κ2) is 6.02. The van der Waals surface area contributed by atoms with Crippen LogP contribution in [-0.4, -0.2) is 29.5 Å². The lowest BCUT2D eigenvalue weighted by Gasteiger charge is -2.10. The Bertz CT molecular complexity index is 775. The van der Waals surface area contributed by atoms with E-state index in [4.69, 9.17) is 28.3 Å². The monoisotopic (exact) mass is 349 g/mol. The summed E-state index contributed by atoms with van der Waals surface area (Å²) in [6.07, 6.45) is 3.02. The molecule has 0 aliphatic rings. The van der Waals surface area contributed by atoms with E-state index < -0.39 is 26.6 Å². The average Bonchev–Trinajstić information content (AvgIpc) is 2.88. The molecule has 0 atom stereocenters. The predicted octanol–water partition coefficient (Wildman–Crippen LogP) is 1.89. The number of carboxylic acid groups (broad SMARTS) is 1. The van der Waals surface area contributed by atoms with Gasteiger partial charge >= 0.3 is 5.97 Å². The summed E-state index contributed by atoms with van der Waals surface area (Å²) < 4.78 is 26.6. The first-order valence-electron chi connectivity index (χ1n) is 5.52. The summed E-state index contributed by atoms with van der Waals surface area (Å²) in [7, 11) is -4.00. The van der Waals surface area contributed by atoms with Gasteiger partial charge in [0, 0.05) is 12.4 Å². The third-order valence-corrected chi connectivity index (χ3v) is 4.81. The van der Waals surface area contributed by atoms with Gasteiger partial charge in [-0.3, -0.25) is 0 Å². The fourth-order valence-corrected chi connectivity index (χ4v) is 3.48. The summed E-state index contributed by atoms with van der Waals surface area (Å²) >= 11 is 11.6. The van der Waals surface area contributed by atoms with Gasteiger partial charge in [0.25, 0.3) is 0 Å². The quantitative estimate of drug-likeness (QED) is 0.762. The van der Waals surface area contributed by atoms with Crippen LogP contribution in [0.2, 0.25) is 10.0 Å². The summed E-state index contributed by atoms with van der Waals surface area (Å²) in [5.74, 6) is -1.00. The SMILES string of the molecule is O=C(O)c1c(Cl)ccc(S(=O)(=O)NCc2ncc[nH]2)c1Cl. The van der Waals surface area contributed by atoms with Crippen molar-refractivity contribution in [1.82, 2.24) is 14.7 Å². The van der Waals surface area contributed by atoms with Gasteiger partial charge in [-0.2, -0.15) is 0 Å². The Hall–Kier alpha value is -1.61. The zero-order valence-corrected chi connectivity index (χ0v) is 12.6. The van der Waals surface area contributed by atoms with Gasteiger partial charge in [-0.1, -0.05) is 23.2 Å². The molecule has 1 aromatic heterocycles. The van der Waals surface area contributed by atoms with Gasteiger partial charge in [-0.15, -0.1) is 0 Å². The maximum absolute atomic E-state index is 12.2. The van der Waals surface area contributed by atoms with Crippen molar-refractivity contribution in [1.29, 1.82) is 0 Å². The number of rotatable bonds is 5. The molecule has 1 aromatic carbocycles. The highest BCUT2D eigenvalue weighted by molar-refractivity contribution is 7.89. The van der Waals surface area contributed by atoms with E-state index in [1.54, 1.807) is 6.20 Å². The highest BCUT2D eigenvalue weighted by atomic mass is 35.5. The third kappa shape index (κ3) is 3.35. The lowest BCUT2D eigenvalue weighted by atomic mass is 10.2. The normalized spacial score (nSPS) is 11.5. The van der Waals surface area contributed by atoms with E-state index in [9.17, 15) is 13.2 Å². The molecular formula is C11H9Cl2N3O4S. The van der Waals surface area contributed by atoms with E-state index in [-0.39, 0.29) is 16.5 Å². The van der Waals surface area contributed by atoms with Crippen molar-refractivity contribution in [2.24, 2.45) is 0 Å². The van der Waals surface area contributed by atoms with E-state index >= 15 is 0 Å². The number of carbonyl (C=O) groups is 1. The maximum Gasteiger partial charge on any atom is 0.338 e. The van der Waals surface area contributed by atoms with Crippen molar-refractivity contribution in [2.45, 2.75) is 11.4 Å². The first kappa shape index (κ1) is 15.8. The van der Waals surface area contributed by atoms with Crippen LogP contribution in [-0.2, 0) is 16.6 Å². The molecule has 21 heavy (non-hydrogen) atoms. The number of carboxylic acids is 1. The van der Waals surface area contributed by atoms with Crippen LogP contribution in [0.4, 0.5) is 0 Å². The van der Waals surface area contributed by atoms with Crippen molar-refractivity contribution >= 4 is 39.2 Å². The van der Waals surface area contributed by atoms with Crippen molar-refractivity contribution in [3.8, 4) is 0 Å². The van der Waals surface area contributed by atoms with E-state index in [0.717, 1.165) is 6.07 Å². The zero-order valence-electron chi connectivity index (χ0n) is 10.3. The van der Waals surface area contributed by atoms with Crippen LogP contribution in [0.5, 0.6) is 0 Å². The Balaban J connectivity index is 2.36. The first-order chi connectivity index (χ1) is 9.83. The summed E-state index contributed by atoms with van der Waals surface area (Å²) in [6.45, 7) is -0.0866. The molecule has 10 heteroatoms. The fraction of sp³-hybridized carbons (Fsp3) is 0.0909. The number of H-pyrrole nitrogens is 1. The Morgan fingerprint density at radius 3 is 2.67 bits per heavy atom. The van der Waals surface area contributed by atoms with Crippen molar-refractivity contribution in [3.63, 3.8) is 0 Å². The molecule has 0 aliphatic carbocycles. The number of sulfonamides is 1. The lowest BCUT2D eigenvalue weighted by Crippen LogP contribution is -2.24. The van der Waals surface area contributed by atoms with Gasteiger partial charge in [0.1, 0.15) is 10.7 Å². The van der Waals surface area contributed by atoms with Crippen molar-refractivity contribution in [2.75, 3.05) is 0 Å². The highest BCUT2D eigenvalue weighted by Gasteiger charge is 2.24. The Labute approximate surface area is 130 Å². The van der Waals surface area contributed by atoms with Gasteiger partial charge in [-0.05, 0) is 12.1 Å². The summed E-state index contributed by atoms with van der Waals surface area (Å²) in [4.78, 5) is 17.3. The number of nitrogens with one attached hydrogen (secondary N) is 2. The minimum absolute atomic E-state index is 0.0866. The van der Waals surface area contributed by atoms with Crippen LogP contribution >= 0.6 is 23.2 Å². The van der Waals surface area contributed by atoms with Crippen LogP contribution in [0.25, 0.3) is 0 Å². The van der Waals surface area contributed by atoms with E-state index in [1.807, 2.05) is 0 Å². The molecule has 7 nitrogen and oxygen atoms in total. The minimum atomic E-state index is -4.00. The Morgan fingerprint density at radius 1 is 1.38 bits per heavy atom. The number of nitrogens with zero attached hydrogens (tertiary/aromatic N) is 1. The van der Waals surface area contributed by atoms with Gasteiger partial charge in [-0.25, -0.2) is 22.9 Å². The van der Waals surface area contributed by atoms with Crippen LogP contribution in [0, 0.1) is 0 Å². The molecule has 0 radical (unpaired) electrons. The van der Waals surface area contributed by atoms with Crippen LogP contribution in [0.3, 0.4) is 0 Å². The molecule has 0 bridgehead atoms. The van der Waals surface area contributed by atoms with Gasteiger partial charge in [0.2, 0.25) is 10.0 Å². The lowest BCUT2D eigenvalue weighted by molar-refractivity contribution is 0.0697. The molecule has 0 unspecified atom stereocenters. The topological polar surface area (TPSA) is 112 Å². The van der Waals surface area contributed by atoms with Gasteiger partial charge < -0.3 is 10.1 Å². The largest absolute Gasteiger partial charge is 0.478 e. The second-order valence-electron chi connectivity index (χ2n) is 3.90. The van der Waals surface area contributed by atoms with E-state index in [1.165, 1.54) is 12.3 Å². The number of imidazole rings is 1. The van der Waals surface area contributed by atoms with Crippen molar-refractivity contribution in [3.05, 3.63) is 46.0 Å². The molecule has 0 fully saturated rings. The Kier molecular flexibility index (Phi) is 4.52. The minimum Gasteiger partial charge on any atom is -0.478 e. The first-order valence-corrected chi connectivity index (χ1v) is 7.76. The van der Waals surface area contributed by atoms with Crippen LogP contribution < -0.4 is 4.72 Å². The number of aromatic amines is 1. The fourth-order valence-electron chi connectivity index (χ4n) is 1.57. The summed E-state index contributed by atoms with van der Waals surface area (Å²) in [6, 6.07) is 2.31. The maximum atomic E-state index is 12.2. The molecular weight excluding hydrogens is 341 g/mol. The number of aromatic nitrogens is 2. The van der Waals surface area contributed by atoms with Crippen molar-refractivity contribution < 1.29 is 18.3 Å². The van der Waals surface area contributed by atoms with Gasteiger partial charge in [0.15, 0.2) is 0 Å². The highest BCUT2D eigenvalue weighted by Crippen LogP contribution is 2.31. The number of benzene rings is 1. The number of aromatic carboxylic acids is 1. The smallest absolute Gasteiger partial charge is 0.338 e. The molecule has 1 heterocycles. The number of hydrogen-bond acceptors (Lipinski definition) is 4. The molecule has 3 N–H and O–H groups in total. The number of halogens is 2. The average molecular weight is 350 g/mol.